The molecule has 0 bridgehead atoms. The van der Waals surface area contributed by atoms with Gasteiger partial charge in [0.1, 0.15) is 0 Å². The molecule has 0 amide bonds. The molecular weight excluding hydrogens is 332 g/mol. The lowest BCUT2D eigenvalue weighted by molar-refractivity contribution is 0.0625. The number of hydrogen-bond acceptors (Lipinski definition) is 3. The molecule has 2 nitrogen and oxygen atoms in total. The normalized spacial score (nSPS) is 23.1. The van der Waals surface area contributed by atoms with Crippen molar-refractivity contribution in [2.45, 2.75) is 64.6 Å². The van der Waals surface area contributed by atoms with Crippen LogP contribution in [0.5, 0.6) is 0 Å². The second-order valence-electron chi connectivity index (χ2n) is 5.92. The fourth-order valence-corrected chi connectivity index (χ4v) is 4.71. The first kappa shape index (κ1) is 16.5. The van der Waals surface area contributed by atoms with Crippen LogP contribution in [0, 0.1) is 0 Å². The van der Waals surface area contributed by atoms with Crippen molar-refractivity contribution in [3.8, 4) is 0 Å². The smallest absolute Gasteiger partial charge is 0.0701 e. The molecule has 1 N–H and O–H groups in total. The lowest BCUT2D eigenvalue weighted by atomic mass is 9.87. The molecule has 1 aliphatic heterocycles. The number of halogens is 1. The second kappa shape index (κ2) is 7.39. The van der Waals surface area contributed by atoms with E-state index in [1.54, 1.807) is 0 Å². The standard InChI is InChI=1S/C16H27BrN2S/c1-4-7-13-10-18-16(5-2,6-3)12-19(13)11-14-8-9-15(17)20-14/h8-9,13,18H,4-7,10-12H2,1-3H3. The summed E-state index contributed by atoms with van der Waals surface area (Å²) in [4.78, 5) is 4.19. The van der Waals surface area contributed by atoms with Gasteiger partial charge in [0.05, 0.1) is 3.79 Å². The van der Waals surface area contributed by atoms with Gasteiger partial charge in [-0.25, -0.2) is 0 Å². The first-order valence-corrected chi connectivity index (χ1v) is 9.46. The zero-order valence-electron chi connectivity index (χ0n) is 12.9. The molecule has 1 aromatic heterocycles. The number of thiophene rings is 1. The fourth-order valence-electron chi connectivity index (χ4n) is 3.20. The largest absolute Gasteiger partial charge is 0.308 e. The van der Waals surface area contributed by atoms with Gasteiger partial charge in [0.2, 0.25) is 0 Å². The van der Waals surface area contributed by atoms with Crippen LogP contribution < -0.4 is 5.32 Å². The monoisotopic (exact) mass is 358 g/mol. The Morgan fingerprint density at radius 1 is 1.35 bits per heavy atom. The average molecular weight is 359 g/mol. The third kappa shape index (κ3) is 3.85. The molecule has 0 radical (unpaired) electrons. The van der Waals surface area contributed by atoms with Crippen molar-refractivity contribution in [1.29, 1.82) is 0 Å². The quantitative estimate of drug-likeness (QED) is 0.796. The third-order valence-corrected chi connectivity index (χ3v) is 6.31. The summed E-state index contributed by atoms with van der Waals surface area (Å²) in [7, 11) is 0. The maximum absolute atomic E-state index is 3.84. The summed E-state index contributed by atoms with van der Waals surface area (Å²) in [5, 5.41) is 3.84. The summed E-state index contributed by atoms with van der Waals surface area (Å²) < 4.78 is 1.24. The molecule has 1 fully saturated rings. The van der Waals surface area contributed by atoms with Crippen LogP contribution in [0.4, 0.5) is 0 Å². The van der Waals surface area contributed by atoms with Crippen molar-refractivity contribution < 1.29 is 0 Å². The van der Waals surface area contributed by atoms with Crippen molar-refractivity contribution in [2.24, 2.45) is 0 Å². The van der Waals surface area contributed by atoms with Gasteiger partial charge in [0.15, 0.2) is 0 Å². The Kier molecular flexibility index (Phi) is 6.09. The van der Waals surface area contributed by atoms with E-state index in [4.69, 9.17) is 0 Å². The number of nitrogens with one attached hydrogen (secondary N) is 1. The Hall–Kier alpha value is 0.1000. The predicted octanol–water partition coefficient (Wildman–Crippen LogP) is 4.64. The van der Waals surface area contributed by atoms with E-state index in [0.29, 0.717) is 11.6 Å². The van der Waals surface area contributed by atoms with Crippen LogP contribution in [-0.2, 0) is 6.54 Å². The van der Waals surface area contributed by atoms with Crippen molar-refractivity contribution in [3.05, 3.63) is 20.8 Å². The van der Waals surface area contributed by atoms with Crippen LogP contribution in [0.15, 0.2) is 15.9 Å². The zero-order chi connectivity index (χ0) is 14.6. The van der Waals surface area contributed by atoms with Gasteiger partial charge in [0.25, 0.3) is 0 Å². The van der Waals surface area contributed by atoms with Gasteiger partial charge in [-0.2, -0.15) is 0 Å². The Morgan fingerprint density at radius 3 is 2.65 bits per heavy atom. The van der Waals surface area contributed by atoms with E-state index in [0.717, 1.165) is 13.1 Å². The lowest BCUT2D eigenvalue weighted by Crippen LogP contribution is -2.63. The molecule has 1 atom stereocenters. The highest BCUT2D eigenvalue weighted by Crippen LogP contribution is 2.29. The van der Waals surface area contributed by atoms with Gasteiger partial charge in [-0.3, -0.25) is 4.90 Å². The maximum Gasteiger partial charge on any atom is 0.0701 e. The SMILES string of the molecule is CCCC1CNC(CC)(CC)CN1Cc1ccc(Br)s1. The minimum Gasteiger partial charge on any atom is -0.308 e. The molecule has 1 aromatic rings. The van der Waals surface area contributed by atoms with Crippen LogP contribution in [0.2, 0.25) is 0 Å². The zero-order valence-corrected chi connectivity index (χ0v) is 15.3. The summed E-state index contributed by atoms with van der Waals surface area (Å²) in [6.45, 7) is 10.3. The van der Waals surface area contributed by atoms with E-state index in [1.807, 2.05) is 11.3 Å². The average Bonchev–Trinajstić information content (AvgIpc) is 2.86. The van der Waals surface area contributed by atoms with Crippen molar-refractivity contribution in [3.63, 3.8) is 0 Å². The summed E-state index contributed by atoms with van der Waals surface area (Å²) >= 11 is 5.45. The molecule has 4 heteroatoms. The predicted molar refractivity (Wildman–Crippen MR) is 92.4 cm³/mol. The van der Waals surface area contributed by atoms with E-state index >= 15 is 0 Å². The molecule has 0 aliphatic carbocycles. The molecule has 20 heavy (non-hydrogen) atoms. The summed E-state index contributed by atoms with van der Waals surface area (Å²) in [5.41, 5.74) is 0.318. The molecule has 2 rings (SSSR count). The van der Waals surface area contributed by atoms with Crippen molar-refractivity contribution in [1.82, 2.24) is 10.2 Å². The van der Waals surface area contributed by atoms with E-state index < -0.39 is 0 Å². The summed E-state index contributed by atoms with van der Waals surface area (Å²) in [6.07, 6.45) is 4.99. The van der Waals surface area contributed by atoms with Crippen LogP contribution in [0.25, 0.3) is 0 Å². The van der Waals surface area contributed by atoms with Crippen LogP contribution in [0.1, 0.15) is 51.3 Å². The highest BCUT2D eigenvalue weighted by atomic mass is 79.9. The number of piperazine rings is 1. The first-order chi connectivity index (χ1) is 9.62. The van der Waals surface area contributed by atoms with Gasteiger partial charge >= 0.3 is 0 Å². The van der Waals surface area contributed by atoms with Gasteiger partial charge in [-0.05, 0) is 47.3 Å². The Labute approximate surface area is 136 Å². The van der Waals surface area contributed by atoms with E-state index in [9.17, 15) is 0 Å². The van der Waals surface area contributed by atoms with Crippen molar-refractivity contribution in [2.75, 3.05) is 13.1 Å². The van der Waals surface area contributed by atoms with Gasteiger partial charge < -0.3 is 5.32 Å². The molecule has 0 aromatic carbocycles. The summed E-state index contributed by atoms with van der Waals surface area (Å²) in [6, 6.07) is 5.12. The molecule has 1 saturated heterocycles. The van der Waals surface area contributed by atoms with Crippen LogP contribution >= 0.6 is 27.3 Å². The molecule has 1 aliphatic rings. The maximum atomic E-state index is 3.84. The number of rotatable bonds is 6. The molecule has 2 heterocycles. The molecule has 114 valence electrons. The second-order valence-corrected chi connectivity index (χ2v) is 8.47. The number of nitrogens with zero attached hydrogens (tertiary/aromatic N) is 1. The molecular formula is C16H27BrN2S. The van der Waals surface area contributed by atoms with Gasteiger partial charge in [0, 0.05) is 36.1 Å². The van der Waals surface area contributed by atoms with Gasteiger partial charge in [-0.15, -0.1) is 11.3 Å². The Balaban J connectivity index is 2.10. The van der Waals surface area contributed by atoms with E-state index in [2.05, 4.69) is 59.1 Å². The topological polar surface area (TPSA) is 15.3 Å². The first-order valence-electron chi connectivity index (χ1n) is 7.85. The minimum absolute atomic E-state index is 0.318. The molecule has 0 saturated carbocycles. The highest BCUT2D eigenvalue weighted by Gasteiger charge is 2.36. The minimum atomic E-state index is 0.318. The van der Waals surface area contributed by atoms with E-state index in [1.165, 1.54) is 40.9 Å². The lowest BCUT2D eigenvalue weighted by Gasteiger charge is -2.47. The Morgan fingerprint density at radius 2 is 2.10 bits per heavy atom. The fraction of sp³-hybridized carbons (Fsp3) is 0.750. The molecule has 0 spiro atoms. The van der Waals surface area contributed by atoms with Gasteiger partial charge in [-0.1, -0.05) is 27.2 Å². The summed E-state index contributed by atoms with van der Waals surface area (Å²) in [5.74, 6) is 0. The van der Waals surface area contributed by atoms with Crippen LogP contribution in [-0.4, -0.2) is 29.6 Å². The highest BCUT2D eigenvalue weighted by molar-refractivity contribution is 9.11. The van der Waals surface area contributed by atoms with Crippen molar-refractivity contribution >= 4 is 27.3 Å². The number of hydrogen-bond donors (Lipinski definition) is 1. The molecule has 1 unspecified atom stereocenters. The third-order valence-electron chi connectivity index (χ3n) is 4.70. The van der Waals surface area contributed by atoms with E-state index in [-0.39, 0.29) is 0 Å². The Bertz CT molecular complexity index is 414. The van der Waals surface area contributed by atoms with Crippen LogP contribution in [0.3, 0.4) is 0 Å².